The summed E-state index contributed by atoms with van der Waals surface area (Å²) in [4.78, 5) is 0. The molecule has 0 aromatic carbocycles. The molecule has 0 bridgehead atoms. The van der Waals surface area contributed by atoms with E-state index in [1.54, 1.807) is 0 Å². The van der Waals surface area contributed by atoms with Crippen LogP contribution in [0.15, 0.2) is 0 Å². The molecule has 0 spiro atoms. The van der Waals surface area contributed by atoms with Crippen LogP contribution in [0.4, 0.5) is 0 Å². The van der Waals surface area contributed by atoms with Crippen LogP contribution in [-0.2, 0) is 0 Å². The Labute approximate surface area is 265 Å². The molecular formula is C39H80O3. The van der Waals surface area contributed by atoms with E-state index in [4.69, 9.17) is 0 Å². The number of rotatable bonds is 35. The molecule has 0 fully saturated rings. The maximum absolute atomic E-state index is 11.6. The Morgan fingerprint density at radius 2 is 0.595 bits per heavy atom. The first kappa shape index (κ1) is 41.9. The van der Waals surface area contributed by atoms with Crippen LogP contribution < -0.4 is 0 Å². The third-order valence-corrected chi connectivity index (χ3v) is 9.69. The molecule has 0 saturated heterocycles. The molecule has 0 saturated carbocycles. The number of unbranched alkanes of at least 4 members (excludes halogenated alkanes) is 27. The fraction of sp³-hybridized carbons (Fsp3) is 1.00. The van der Waals surface area contributed by atoms with Gasteiger partial charge in [0.2, 0.25) is 0 Å². The summed E-state index contributed by atoms with van der Waals surface area (Å²) in [7, 11) is 0. The summed E-state index contributed by atoms with van der Waals surface area (Å²) >= 11 is 0. The molecule has 0 aliphatic rings. The van der Waals surface area contributed by atoms with Crippen molar-refractivity contribution in [3.63, 3.8) is 0 Å². The average molecular weight is 597 g/mol. The predicted molar refractivity (Wildman–Crippen MR) is 186 cm³/mol. The van der Waals surface area contributed by atoms with E-state index in [0.29, 0.717) is 19.3 Å². The van der Waals surface area contributed by atoms with Crippen molar-refractivity contribution < 1.29 is 15.3 Å². The van der Waals surface area contributed by atoms with Gasteiger partial charge in [-0.1, -0.05) is 213 Å². The van der Waals surface area contributed by atoms with Gasteiger partial charge in [0.15, 0.2) is 0 Å². The standard InChI is InChI=1S/C39H80O3/c1-4-7-10-13-16-19-22-25-28-31-34-37(40)38(41)39(42,35-32-29-26-23-20-17-14-11-8-5-2)36-33-30-27-24-21-18-15-12-9-6-3/h37-38,40-42H,4-36H2,1-3H3. The fourth-order valence-electron chi connectivity index (χ4n) is 6.61. The van der Waals surface area contributed by atoms with Gasteiger partial charge in [-0.25, -0.2) is 0 Å². The minimum atomic E-state index is -1.14. The summed E-state index contributed by atoms with van der Waals surface area (Å²) in [5, 5.41) is 33.7. The third kappa shape index (κ3) is 26.3. The van der Waals surface area contributed by atoms with E-state index in [-0.39, 0.29) is 0 Å². The molecular weight excluding hydrogens is 516 g/mol. The molecule has 3 heteroatoms. The Morgan fingerprint density at radius 3 is 0.881 bits per heavy atom. The second-order valence-electron chi connectivity index (χ2n) is 14.0. The van der Waals surface area contributed by atoms with E-state index in [1.165, 1.54) is 154 Å². The highest BCUT2D eigenvalue weighted by molar-refractivity contribution is 4.90. The van der Waals surface area contributed by atoms with Gasteiger partial charge < -0.3 is 15.3 Å². The van der Waals surface area contributed by atoms with Gasteiger partial charge in [0.05, 0.1) is 11.7 Å². The Morgan fingerprint density at radius 1 is 0.357 bits per heavy atom. The minimum absolute atomic E-state index is 0.607. The van der Waals surface area contributed by atoms with Crippen molar-refractivity contribution in [3.05, 3.63) is 0 Å². The SMILES string of the molecule is CCCCCCCCCCCCC(O)C(O)C(O)(CCCCCCCCCCCC)CCCCCCCCCCCC. The largest absolute Gasteiger partial charge is 0.390 e. The van der Waals surface area contributed by atoms with Crippen LogP contribution in [0.2, 0.25) is 0 Å². The highest BCUT2D eigenvalue weighted by atomic mass is 16.4. The first-order valence-electron chi connectivity index (χ1n) is 19.6. The maximum Gasteiger partial charge on any atom is 0.108 e. The molecule has 42 heavy (non-hydrogen) atoms. The van der Waals surface area contributed by atoms with Gasteiger partial charge in [-0.15, -0.1) is 0 Å². The monoisotopic (exact) mass is 597 g/mol. The molecule has 254 valence electrons. The normalized spacial score (nSPS) is 13.6. The summed E-state index contributed by atoms with van der Waals surface area (Å²) in [5.74, 6) is 0. The van der Waals surface area contributed by atoms with Crippen molar-refractivity contribution in [2.75, 3.05) is 0 Å². The number of hydrogen-bond donors (Lipinski definition) is 3. The Kier molecular flexibility index (Phi) is 32.2. The lowest BCUT2D eigenvalue weighted by atomic mass is 9.81. The van der Waals surface area contributed by atoms with Gasteiger partial charge in [-0.2, -0.15) is 0 Å². The molecule has 2 unspecified atom stereocenters. The van der Waals surface area contributed by atoms with Crippen LogP contribution >= 0.6 is 0 Å². The van der Waals surface area contributed by atoms with Crippen LogP contribution in [0.25, 0.3) is 0 Å². The molecule has 0 aliphatic carbocycles. The van der Waals surface area contributed by atoms with Crippen molar-refractivity contribution in [2.45, 2.75) is 250 Å². The van der Waals surface area contributed by atoms with Gasteiger partial charge in [0, 0.05) is 0 Å². The molecule has 0 aromatic heterocycles. The van der Waals surface area contributed by atoms with Gasteiger partial charge >= 0.3 is 0 Å². The first-order valence-corrected chi connectivity index (χ1v) is 19.6. The van der Waals surface area contributed by atoms with E-state index >= 15 is 0 Å². The number of aliphatic hydroxyl groups is 3. The maximum atomic E-state index is 11.6. The van der Waals surface area contributed by atoms with Gasteiger partial charge in [-0.3, -0.25) is 0 Å². The summed E-state index contributed by atoms with van der Waals surface area (Å²) in [6.07, 6.45) is 38.0. The lowest BCUT2D eigenvalue weighted by Gasteiger charge is -2.36. The summed E-state index contributed by atoms with van der Waals surface area (Å²) in [6, 6.07) is 0. The van der Waals surface area contributed by atoms with E-state index < -0.39 is 17.8 Å². The Bertz CT molecular complexity index is 484. The quantitative estimate of drug-likeness (QED) is 0.0638. The zero-order valence-electron chi connectivity index (χ0n) is 29.3. The second-order valence-corrected chi connectivity index (χ2v) is 14.0. The highest BCUT2D eigenvalue weighted by Crippen LogP contribution is 2.30. The molecule has 0 aromatic rings. The van der Waals surface area contributed by atoms with Crippen LogP contribution in [0, 0.1) is 0 Å². The molecule has 0 heterocycles. The highest BCUT2D eigenvalue weighted by Gasteiger charge is 2.38. The van der Waals surface area contributed by atoms with Gasteiger partial charge in [0.1, 0.15) is 6.10 Å². The van der Waals surface area contributed by atoms with Gasteiger partial charge in [0.25, 0.3) is 0 Å². The molecule has 2 atom stereocenters. The summed E-state index contributed by atoms with van der Waals surface area (Å²) in [6.45, 7) is 6.81. The van der Waals surface area contributed by atoms with Crippen LogP contribution in [-0.4, -0.2) is 33.1 Å². The predicted octanol–water partition coefficient (Wildman–Crippen LogP) is 12.4. The van der Waals surface area contributed by atoms with Crippen molar-refractivity contribution >= 4 is 0 Å². The molecule has 0 amide bonds. The lowest BCUT2D eigenvalue weighted by Crippen LogP contribution is -2.49. The second kappa shape index (κ2) is 32.3. The van der Waals surface area contributed by atoms with E-state index in [1.807, 2.05) is 0 Å². The summed E-state index contributed by atoms with van der Waals surface area (Å²) in [5.41, 5.74) is -1.14. The zero-order valence-corrected chi connectivity index (χ0v) is 29.3. The smallest absolute Gasteiger partial charge is 0.108 e. The summed E-state index contributed by atoms with van der Waals surface area (Å²) < 4.78 is 0. The average Bonchev–Trinajstić information content (AvgIpc) is 2.99. The van der Waals surface area contributed by atoms with Crippen molar-refractivity contribution in [3.8, 4) is 0 Å². The van der Waals surface area contributed by atoms with Crippen molar-refractivity contribution in [1.82, 2.24) is 0 Å². The first-order chi connectivity index (χ1) is 20.5. The zero-order chi connectivity index (χ0) is 31.0. The lowest BCUT2D eigenvalue weighted by molar-refractivity contribution is -0.136. The van der Waals surface area contributed by atoms with Crippen LogP contribution in [0.5, 0.6) is 0 Å². The Balaban J connectivity index is 4.39. The van der Waals surface area contributed by atoms with Crippen LogP contribution in [0.3, 0.4) is 0 Å². The fourth-order valence-corrected chi connectivity index (χ4v) is 6.61. The van der Waals surface area contributed by atoms with Crippen molar-refractivity contribution in [1.29, 1.82) is 0 Å². The van der Waals surface area contributed by atoms with E-state index in [9.17, 15) is 15.3 Å². The minimum Gasteiger partial charge on any atom is -0.390 e. The topological polar surface area (TPSA) is 60.7 Å². The molecule has 0 rings (SSSR count). The third-order valence-electron chi connectivity index (χ3n) is 9.69. The number of hydrogen-bond acceptors (Lipinski definition) is 3. The van der Waals surface area contributed by atoms with E-state index in [2.05, 4.69) is 20.8 Å². The number of aliphatic hydroxyl groups excluding tert-OH is 2. The van der Waals surface area contributed by atoms with E-state index in [0.717, 1.165) is 38.5 Å². The molecule has 0 radical (unpaired) electrons. The van der Waals surface area contributed by atoms with Crippen molar-refractivity contribution in [2.24, 2.45) is 0 Å². The van der Waals surface area contributed by atoms with Gasteiger partial charge in [-0.05, 0) is 19.3 Å². The Hall–Kier alpha value is -0.120. The van der Waals surface area contributed by atoms with Crippen LogP contribution in [0.1, 0.15) is 233 Å². The molecule has 0 aliphatic heterocycles. The molecule has 3 nitrogen and oxygen atoms in total. The molecule has 3 N–H and O–H groups in total.